The lowest BCUT2D eigenvalue weighted by Gasteiger charge is -2.20. The Morgan fingerprint density at radius 3 is 2.73 bits per heavy atom. The van der Waals surface area contributed by atoms with Crippen LogP contribution in [0.2, 0.25) is 0 Å². The van der Waals surface area contributed by atoms with Crippen molar-refractivity contribution in [3.05, 3.63) is 42.0 Å². The van der Waals surface area contributed by atoms with E-state index in [0.29, 0.717) is 25.8 Å². The average Bonchev–Trinajstić information content (AvgIpc) is 2.97. The molecule has 0 bridgehead atoms. The van der Waals surface area contributed by atoms with Crippen molar-refractivity contribution in [2.45, 2.75) is 31.4 Å². The average molecular weight is 303 g/mol. The van der Waals surface area contributed by atoms with Crippen molar-refractivity contribution in [2.75, 3.05) is 13.7 Å². The molecule has 1 heterocycles. The fourth-order valence-electron chi connectivity index (χ4n) is 2.61. The van der Waals surface area contributed by atoms with Crippen LogP contribution in [0.5, 0.6) is 0 Å². The Bertz CT molecular complexity index is 541. The minimum atomic E-state index is -0.965. The maximum Gasteiger partial charge on any atom is 0.326 e. The van der Waals surface area contributed by atoms with Gasteiger partial charge in [-0.15, -0.1) is 0 Å². The topological polar surface area (TPSA) is 66.8 Å². The number of hydrogen-bond acceptors (Lipinski definition) is 3. The van der Waals surface area contributed by atoms with Crippen LogP contribution in [0.15, 0.2) is 36.4 Å². The smallest absolute Gasteiger partial charge is 0.326 e. The summed E-state index contributed by atoms with van der Waals surface area (Å²) in [5, 5.41) is 9.20. The van der Waals surface area contributed by atoms with Crippen LogP contribution >= 0.6 is 0 Å². The van der Waals surface area contributed by atoms with E-state index in [9.17, 15) is 14.7 Å². The number of nitrogens with zero attached hydrogens (tertiary/aromatic N) is 1. The molecule has 5 heteroatoms. The third-order valence-electron chi connectivity index (χ3n) is 3.84. The number of allylic oxidation sites excluding steroid dienone is 1. The van der Waals surface area contributed by atoms with E-state index in [1.807, 2.05) is 42.5 Å². The number of rotatable bonds is 6. The van der Waals surface area contributed by atoms with E-state index >= 15 is 0 Å². The Balaban J connectivity index is 1.86. The fraction of sp³-hybridized carbons (Fsp3) is 0.412. The van der Waals surface area contributed by atoms with Crippen LogP contribution in [0.1, 0.15) is 24.8 Å². The third-order valence-corrected chi connectivity index (χ3v) is 3.84. The number of amides is 1. The Kier molecular flexibility index (Phi) is 5.72. The molecule has 1 aliphatic rings. The molecule has 2 unspecified atom stereocenters. The summed E-state index contributed by atoms with van der Waals surface area (Å²) >= 11 is 0. The molecule has 1 aliphatic heterocycles. The van der Waals surface area contributed by atoms with Crippen LogP contribution in [-0.4, -0.2) is 47.7 Å². The summed E-state index contributed by atoms with van der Waals surface area (Å²) in [6.45, 7) is 0.356. The zero-order chi connectivity index (χ0) is 15.9. The van der Waals surface area contributed by atoms with Gasteiger partial charge >= 0.3 is 5.97 Å². The summed E-state index contributed by atoms with van der Waals surface area (Å²) in [5.74, 6) is -1.10. The summed E-state index contributed by atoms with van der Waals surface area (Å²) in [6.07, 6.45) is 4.97. The van der Waals surface area contributed by atoms with Crippen LogP contribution in [-0.2, 0) is 14.3 Å². The quantitative estimate of drug-likeness (QED) is 0.874. The summed E-state index contributed by atoms with van der Waals surface area (Å²) in [6, 6.07) is 9.07. The number of carbonyl (C=O) groups excluding carboxylic acids is 1. The van der Waals surface area contributed by atoms with Crippen molar-refractivity contribution in [1.29, 1.82) is 0 Å². The monoisotopic (exact) mass is 303 g/mol. The van der Waals surface area contributed by atoms with Gasteiger partial charge < -0.3 is 14.7 Å². The van der Waals surface area contributed by atoms with Crippen LogP contribution in [0.4, 0.5) is 0 Å². The number of benzene rings is 1. The molecular weight excluding hydrogens is 282 g/mol. The predicted molar refractivity (Wildman–Crippen MR) is 83.3 cm³/mol. The number of ether oxygens (including phenoxy) is 1. The Hall–Kier alpha value is -2.14. The summed E-state index contributed by atoms with van der Waals surface area (Å²) in [7, 11) is 1.54. The first-order valence-corrected chi connectivity index (χ1v) is 7.38. The zero-order valence-electron chi connectivity index (χ0n) is 12.6. The highest BCUT2D eigenvalue weighted by Gasteiger charge is 2.39. The first-order valence-electron chi connectivity index (χ1n) is 7.38. The van der Waals surface area contributed by atoms with Crippen LogP contribution in [0.3, 0.4) is 0 Å². The molecule has 1 fully saturated rings. The van der Waals surface area contributed by atoms with Crippen LogP contribution < -0.4 is 0 Å². The van der Waals surface area contributed by atoms with E-state index in [1.165, 1.54) is 4.90 Å². The molecule has 118 valence electrons. The SMILES string of the molecule is COC1CC(C(=O)O)N(C(=O)CC/C=C/c2ccccc2)C1. The number of carboxylic acids is 1. The van der Waals surface area contributed by atoms with Gasteiger partial charge in [0.15, 0.2) is 0 Å². The summed E-state index contributed by atoms with van der Waals surface area (Å²) in [5.41, 5.74) is 1.08. The van der Waals surface area contributed by atoms with Gasteiger partial charge in [0.1, 0.15) is 6.04 Å². The van der Waals surface area contributed by atoms with Gasteiger partial charge in [-0.3, -0.25) is 4.79 Å². The van der Waals surface area contributed by atoms with Gasteiger partial charge in [0.25, 0.3) is 0 Å². The molecule has 0 saturated carbocycles. The van der Waals surface area contributed by atoms with Crippen LogP contribution in [0, 0.1) is 0 Å². The van der Waals surface area contributed by atoms with Crippen molar-refractivity contribution in [3.63, 3.8) is 0 Å². The standard InChI is InChI=1S/C17H21NO4/c1-22-14-11-15(17(20)21)18(12-14)16(19)10-6-5-9-13-7-3-2-4-8-13/h2-5,7-9,14-15H,6,10-12H2,1H3,(H,20,21)/b9-5+. The molecule has 2 atom stereocenters. The predicted octanol–water partition coefficient (Wildman–Crippen LogP) is 2.18. The van der Waals surface area contributed by atoms with E-state index in [1.54, 1.807) is 7.11 Å². The molecule has 1 N–H and O–H groups in total. The Morgan fingerprint density at radius 2 is 2.09 bits per heavy atom. The van der Waals surface area contributed by atoms with E-state index in [0.717, 1.165) is 5.56 Å². The van der Waals surface area contributed by atoms with Crippen molar-refractivity contribution < 1.29 is 19.4 Å². The first kappa shape index (κ1) is 16.2. The largest absolute Gasteiger partial charge is 0.480 e. The number of likely N-dealkylation sites (tertiary alicyclic amines) is 1. The van der Waals surface area contributed by atoms with Gasteiger partial charge in [0.2, 0.25) is 5.91 Å². The normalized spacial score (nSPS) is 21.4. The highest BCUT2D eigenvalue weighted by Crippen LogP contribution is 2.21. The van der Waals surface area contributed by atoms with E-state index < -0.39 is 12.0 Å². The van der Waals surface area contributed by atoms with Gasteiger partial charge in [0.05, 0.1) is 6.10 Å². The maximum absolute atomic E-state index is 12.2. The molecule has 2 rings (SSSR count). The highest BCUT2D eigenvalue weighted by molar-refractivity contribution is 5.84. The van der Waals surface area contributed by atoms with Crippen molar-refractivity contribution in [3.8, 4) is 0 Å². The van der Waals surface area contributed by atoms with Crippen molar-refractivity contribution in [2.24, 2.45) is 0 Å². The van der Waals surface area contributed by atoms with Crippen LogP contribution in [0.25, 0.3) is 6.08 Å². The number of aliphatic carboxylic acids is 1. The lowest BCUT2D eigenvalue weighted by atomic mass is 10.1. The van der Waals surface area contributed by atoms with E-state index in [4.69, 9.17) is 4.74 Å². The Morgan fingerprint density at radius 1 is 1.36 bits per heavy atom. The van der Waals surface area contributed by atoms with Crippen molar-refractivity contribution in [1.82, 2.24) is 4.90 Å². The minimum Gasteiger partial charge on any atom is -0.480 e. The number of hydrogen-bond donors (Lipinski definition) is 1. The molecule has 1 amide bonds. The molecule has 0 radical (unpaired) electrons. The molecule has 1 aromatic carbocycles. The second kappa shape index (κ2) is 7.75. The van der Waals surface area contributed by atoms with Gasteiger partial charge in [-0.25, -0.2) is 4.79 Å². The molecule has 22 heavy (non-hydrogen) atoms. The molecule has 0 aliphatic carbocycles. The summed E-state index contributed by atoms with van der Waals surface area (Å²) < 4.78 is 5.18. The number of methoxy groups -OCH3 is 1. The van der Waals surface area contributed by atoms with Crippen molar-refractivity contribution >= 4 is 18.0 Å². The first-order chi connectivity index (χ1) is 10.6. The molecule has 1 saturated heterocycles. The zero-order valence-corrected chi connectivity index (χ0v) is 12.6. The molecular formula is C17H21NO4. The third kappa shape index (κ3) is 4.18. The minimum absolute atomic E-state index is 0.135. The summed E-state index contributed by atoms with van der Waals surface area (Å²) in [4.78, 5) is 24.9. The van der Waals surface area contributed by atoms with Gasteiger partial charge in [-0.1, -0.05) is 42.5 Å². The van der Waals surface area contributed by atoms with Gasteiger partial charge in [0, 0.05) is 26.5 Å². The number of carboxylic acid groups (broad SMARTS) is 1. The molecule has 0 spiro atoms. The van der Waals surface area contributed by atoms with E-state index in [2.05, 4.69) is 0 Å². The fourth-order valence-corrected chi connectivity index (χ4v) is 2.61. The van der Waals surface area contributed by atoms with E-state index in [-0.39, 0.29) is 12.0 Å². The lowest BCUT2D eigenvalue weighted by molar-refractivity contribution is -0.148. The maximum atomic E-state index is 12.2. The van der Waals surface area contributed by atoms with Gasteiger partial charge in [-0.05, 0) is 12.0 Å². The highest BCUT2D eigenvalue weighted by atomic mass is 16.5. The second-order valence-corrected chi connectivity index (χ2v) is 5.35. The Labute approximate surface area is 130 Å². The lowest BCUT2D eigenvalue weighted by Crippen LogP contribution is -2.40. The number of carbonyl (C=O) groups is 2. The van der Waals surface area contributed by atoms with Gasteiger partial charge in [-0.2, -0.15) is 0 Å². The molecule has 0 aromatic heterocycles. The molecule has 5 nitrogen and oxygen atoms in total. The second-order valence-electron chi connectivity index (χ2n) is 5.35. The molecule has 1 aromatic rings.